The van der Waals surface area contributed by atoms with E-state index in [2.05, 4.69) is 9.97 Å². The Hall–Kier alpha value is -1.74. The van der Waals surface area contributed by atoms with Crippen LogP contribution in [0, 0.1) is 17.8 Å². The van der Waals surface area contributed by atoms with Crippen molar-refractivity contribution in [3.63, 3.8) is 0 Å². The normalized spacial score (nSPS) is 32.6. The average Bonchev–Trinajstić information content (AvgIpc) is 3.02. The molecule has 7 nitrogen and oxygen atoms in total. The molecule has 4 rings (SSSR count). The fourth-order valence-electron chi connectivity index (χ4n) is 4.10. The summed E-state index contributed by atoms with van der Waals surface area (Å²) in [6.45, 7) is 3.17. The van der Waals surface area contributed by atoms with Crippen molar-refractivity contribution in [2.75, 3.05) is 29.4 Å². The molecule has 142 valence electrons. The lowest BCUT2D eigenvalue weighted by molar-refractivity contribution is -0.137. The number of carboxylic acid groups (broad SMARTS) is 1. The van der Waals surface area contributed by atoms with Crippen molar-refractivity contribution in [2.45, 2.75) is 31.9 Å². The SMILES string of the molecule is C[C@H]1[C@H](O)CN1c1nc(C(F)F)c(Cl)c(N2C[C@@H]3[C@@H](CC(=O)O)[C@@H]3C2)n1. The van der Waals surface area contributed by atoms with Gasteiger partial charge in [0.2, 0.25) is 5.95 Å². The van der Waals surface area contributed by atoms with Gasteiger partial charge in [-0.25, -0.2) is 13.8 Å². The number of carbonyl (C=O) groups is 1. The molecule has 0 aromatic carbocycles. The summed E-state index contributed by atoms with van der Waals surface area (Å²) in [7, 11) is 0. The van der Waals surface area contributed by atoms with Gasteiger partial charge in [-0.2, -0.15) is 4.98 Å². The highest BCUT2D eigenvalue weighted by Crippen LogP contribution is 2.55. The molecule has 1 saturated carbocycles. The van der Waals surface area contributed by atoms with Gasteiger partial charge in [0.1, 0.15) is 10.7 Å². The topological polar surface area (TPSA) is 89.8 Å². The van der Waals surface area contributed by atoms with Crippen LogP contribution in [-0.2, 0) is 4.79 Å². The van der Waals surface area contributed by atoms with E-state index in [0.717, 1.165) is 0 Å². The van der Waals surface area contributed by atoms with Gasteiger partial charge < -0.3 is 20.0 Å². The smallest absolute Gasteiger partial charge is 0.303 e. The summed E-state index contributed by atoms with van der Waals surface area (Å²) in [5, 5.41) is 18.4. The van der Waals surface area contributed by atoms with Crippen LogP contribution in [-0.4, -0.2) is 57.9 Å². The van der Waals surface area contributed by atoms with Crippen LogP contribution in [0.5, 0.6) is 0 Å². The third-order valence-electron chi connectivity index (χ3n) is 5.82. The Kier molecular flexibility index (Phi) is 4.18. The lowest BCUT2D eigenvalue weighted by Crippen LogP contribution is -2.59. The molecule has 3 heterocycles. The van der Waals surface area contributed by atoms with E-state index in [9.17, 15) is 18.7 Å². The van der Waals surface area contributed by atoms with Crippen molar-refractivity contribution in [3.8, 4) is 0 Å². The molecule has 0 amide bonds. The number of anilines is 2. The van der Waals surface area contributed by atoms with Crippen LogP contribution in [0.4, 0.5) is 20.5 Å². The number of β-amino-alcohol motifs (C(OH)–C–C–N with tert-alkyl or cyclic N) is 1. The summed E-state index contributed by atoms with van der Waals surface area (Å²) in [6.07, 6.45) is -3.23. The van der Waals surface area contributed by atoms with Crippen molar-refractivity contribution >= 4 is 29.3 Å². The van der Waals surface area contributed by atoms with Crippen molar-refractivity contribution in [2.24, 2.45) is 17.8 Å². The zero-order chi connectivity index (χ0) is 18.7. The number of halogens is 3. The standard InChI is InChI=1S/C16H19ClF2N4O3/c1-6-10(24)5-23(6)16-20-13(14(18)19)12(17)15(21-16)22-3-8-7(2-11(25)26)9(8)4-22/h6-10,14,24H,2-5H2,1H3,(H,25,26)/t6-,7-,8-,9+,10+/m0/s1. The van der Waals surface area contributed by atoms with E-state index in [1.165, 1.54) is 0 Å². The lowest BCUT2D eigenvalue weighted by atomic mass is 10.0. The summed E-state index contributed by atoms with van der Waals surface area (Å²) in [6, 6.07) is -0.249. The van der Waals surface area contributed by atoms with E-state index in [-0.39, 0.29) is 53.5 Å². The molecule has 1 aliphatic carbocycles. The summed E-state index contributed by atoms with van der Waals surface area (Å²) < 4.78 is 26.8. The van der Waals surface area contributed by atoms with Crippen molar-refractivity contribution < 1.29 is 23.8 Å². The van der Waals surface area contributed by atoms with Crippen LogP contribution in [0.2, 0.25) is 5.02 Å². The van der Waals surface area contributed by atoms with Crippen LogP contribution in [0.3, 0.4) is 0 Å². The Morgan fingerprint density at radius 2 is 1.96 bits per heavy atom. The summed E-state index contributed by atoms with van der Waals surface area (Å²) in [4.78, 5) is 22.7. The van der Waals surface area contributed by atoms with Gasteiger partial charge in [-0.15, -0.1) is 0 Å². The maximum atomic E-state index is 13.4. The van der Waals surface area contributed by atoms with Crippen LogP contribution < -0.4 is 9.80 Å². The van der Waals surface area contributed by atoms with E-state index in [1.54, 1.807) is 11.8 Å². The monoisotopic (exact) mass is 388 g/mol. The van der Waals surface area contributed by atoms with Gasteiger partial charge in [0, 0.05) is 26.1 Å². The Balaban J connectivity index is 1.58. The number of alkyl halides is 2. The molecule has 3 fully saturated rings. The molecule has 3 aliphatic rings. The fraction of sp³-hybridized carbons (Fsp3) is 0.688. The molecule has 1 aromatic rings. The van der Waals surface area contributed by atoms with Gasteiger partial charge in [-0.05, 0) is 24.7 Å². The first-order valence-electron chi connectivity index (χ1n) is 8.55. The Morgan fingerprint density at radius 1 is 1.31 bits per heavy atom. The van der Waals surface area contributed by atoms with Crippen molar-refractivity contribution in [3.05, 3.63) is 10.7 Å². The molecule has 2 N–H and O–H groups in total. The Labute approximate surface area is 153 Å². The van der Waals surface area contributed by atoms with E-state index in [4.69, 9.17) is 16.7 Å². The fourth-order valence-corrected chi connectivity index (χ4v) is 4.39. The van der Waals surface area contributed by atoms with E-state index in [1.807, 2.05) is 4.90 Å². The number of fused-ring (bicyclic) bond motifs is 1. The lowest BCUT2D eigenvalue weighted by Gasteiger charge is -2.43. The Bertz CT molecular complexity index is 740. The van der Waals surface area contributed by atoms with Crippen molar-refractivity contribution in [1.82, 2.24) is 9.97 Å². The molecular weight excluding hydrogens is 370 g/mol. The number of aliphatic hydroxyl groups excluding tert-OH is 1. The third kappa shape index (κ3) is 2.77. The number of aliphatic carboxylic acids is 1. The van der Waals surface area contributed by atoms with E-state index in [0.29, 0.717) is 13.1 Å². The molecule has 1 aromatic heterocycles. The van der Waals surface area contributed by atoms with Gasteiger partial charge in [-0.1, -0.05) is 11.6 Å². The second-order valence-electron chi connectivity index (χ2n) is 7.30. The third-order valence-corrected chi connectivity index (χ3v) is 6.19. The van der Waals surface area contributed by atoms with Gasteiger partial charge >= 0.3 is 5.97 Å². The molecule has 0 spiro atoms. The predicted molar refractivity (Wildman–Crippen MR) is 89.7 cm³/mol. The van der Waals surface area contributed by atoms with Crippen LogP contribution in [0.15, 0.2) is 0 Å². The van der Waals surface area contributed by atoms with Gasteiger partial charge in [-0.3, -0.25) is 4.79 Å². The molecule has 0 bridgehead atoms. The highest BCUT2D eigenvalue weighted by molar-refractivity contribution is 6.33. The van der Waals surface area contributed by atoms with E-state index >= 15 is 0 Å². The summed E-state index contributed by atoms with van der Waals surface area (Å²) in [5.74, 6) is 0.204. The van der Waals surface area contributed by atoms with Crippen molar-refractivity contribution in [1.29, 1.82) is 0 Å². The van der Waals surface area contributed by atoms with Crippen LogP contribution >= 0.6 is 11.6 Å². The number of carboxylic acids is 1. The molecular formula is C16H19ClF2N4O3. The molecule has 0 unspecified atom stereocenters. The maximum absolute atomic E-state index is 13.4. The molecule has 26 heavy (non-hydrogen) atoms. The largest absolute Gasteiger partial charge is 0.481 e. The first-order valence-corrected chi connectivity index (χ1v) is 8.92. The second kappa shape index (κ2) is 6.16. The minimum atomic E-state index is -2.83. The molecule has 0 radical (unpaired) electrons. The second-order valence-corrected chi connectivity index (χ2v) is 7.68. The van der Waals surface area contributed by atoms with Gasteiger partial charge in [0.15, 0.2) is 5.82 Å². The number of rotatable bonds is 5. The van der Waals surface area contributed by atoms with Crippen LogP contribution in [0.1, 0.15) is 25.5 Å². The quantitative estimate of drug-likeness (QED) is 0.794. The van der Waals surface area contributed by atoms with Crippen LogP contribution in [0.25, 0.3) is 0 Å². The number of piperidine rings is 1. The predicted octanol–water partition coefficient (Wildman–Crippen LogP) is 1.79. The molecule has 2 aliphatic heterocycles. The highest BCUT2D eigenvalue weighted by Gasteiger charge is 2.56. The average molecular weight is 389 g/mol. The Morgan fingerprint density at radius 3 is 2.46 bits per heavy atom. The number of hydrogen-bond acceptors (Lipinski definition) is 6. The van der Waals surface area contributed by atoms with Gasteiger partial charge in [0.25, 0.3) is 6.43 Å². The molecule has 5 atom stereocenters. The van der Waals surface area contributed by atoms with E-state index < -0.39 is 24.2 Å². The van der Waals surface area contributed by atoms with Gasteiger partial charge in [0.05, 0.1) is 12.1 Å². The minimum Gasteiger partial charge on any atom is -0.481 e. The maximum Gasteiger partial charge on any atom is 0.303 e. The number of aromatic nitrogens is 2. The number of hydrogen-bond donors (Lipinski definition) is 2. The number of aliphatic hydroxyl groups is 1. The first kappa shape index (κ1) is 17.7. The zero-order valence-corrected chi connectivity index (χ0v) is 14.8. The molecule has 10 heteroatoms. The summed E-state index contributed by atoms with van der Waals surface area (Å²) >= 11 is 6.16. The molecule has 2 saturated heterocycles. The number of nitrogens with zero attached hydrogens (tertiary/aromatic N) is 4. The minimum absolute atomic E-state index is 0.136. The highest BCUT2D eigenvalue weighted by atomic mass is 35.5. The first-order chi connectivity index (χ1) is 12.3. The zero-order valence-electron chi connectivity index (χ0n) is 14.0. The summed E-state index contributed by atoms with van der Waals surface area (Å²) in [5.41, 5.74) is -0.511.